The molecule has 6 heteroatoms. The molecule has 2 rings (SSSR count). The third kappa shape index (κ3) is 3.41. The van der Waals surface area contributed by atoms with Gasteiger partial charge in [-0.25, -0.2) is 4.98 Å². The Balaban J connectivity index is 2.33. The first-order valence-corrected chi connectivity index (χ1v) is 7.21. The molecule has 3 N–H and O–H groups in total. The molecule has 0 aliphatic heterocycles. The Labute approximate surface area is 125 Å². The van der Waals surface area contributed by atoms with Crippen molar-refractivity contribution in [2.45, 2.75) is 38.6 Å². The third-order valence-corrected chi connectivity index (χ3v) is 3.59. The van der Waals surface area contributed by atoms with Crippen molar-refractivity contribution in [1.29, 1.82) is 0 Å². The van der Waals surface area contributed by atoms with Crippen molar-refractivity contribution in [2.75, 3.05) is 14.2 Å². The second kappa shape index (κ2) is 7.51. The number of aryl methyl sites for hydroxylation is 1. The van der Waals surface area contributed by atoms with E-state index in [1.807, 2.05) is 18.2 Å². The fourth-order valence-electron chi connectivity index (χ4n) is 2.61. The van der Waals surface area contributed by atoms with Gasteiger partial charge >= 0.3 is 0 Å². The maximum absolute atomic E-state index is 5.64. The number of ether oxygens (including phenoxy) is 2. The molecule has 1 aromatic heterocycles. The number of nitrogens with zero attached hydrogens (tertiary/aromatic N) is 2. The Morgan fingerprint density at radius 2 is 2.00 bits per heavy atom. The molecule has 0 saturated heterocycles. The Morgan fingerprint density at radius 1 is 1.29 bits per heavy atom. The number of hydrogen-bond acceptors (Lipinski definition) is 5. The maximum Gasteiger partial charge on any atom is 0.173 e. The van der Waals surface area contributed by atoms with Gasteiger partial charge in [-0.3, -0.25) is 11.3 Å². The Bertz CT molecular complexity index is 566. The molecule has 0 spiro atoms. The summed E-state index contributed by atoms with van der Waals surface area (Å²) in [6.07, 6.45) is 1.27. The number of nitrogens with two attached hydrogens (primary N) is 1. The molecule has 0 bridgehead atoms. The van der Waals surface area contributed by atoms with E-state index in [9.17, 15) is 0 Å². The summed E-state index contributed by atoms with van der Waals surface area (Å²) in [4.78, 5) is 4.73. The SMILES string of the molecule is CCCn1c(CC(NN)C(OC)OC)nc2ccccc21. The van der Waals surface area contributed by atoms with Crippen molar-refractivity contribution in [3.05, 3.63) is 30.1 Å². The highest BCUT2D eigenvalue weighted by atomic mass is 16.7. The molecule has 21 heavy (non-hydrogen) atoms. The van der Waals surface area contributed by atoms with Crippen LogP contribution in [0, 0.1) is 0 Å². The van der Waals surface area contributed by atoms with Crippen LogP contribution in [0.25, 0.3) is 11.0 Å². The minimum absolute atomic E-state index is 0.160. The molecule has 0 saturated carbocycles. The quantitative estimate of drug-likeness (QED) is 0.437. The molecule has 0 fully saturated rings. The lowest BCUT2D eigenvalue weighted by molar-refractivity contribution is -0.123. The van der Waals surface area contributed by atoms with Crippen LogP contribution in [-0.4, -0.2) is 36.1 Å². The Kier molecular flexibility index (Phi) is 5.69. The van der Waals surface area contributed by atoms with Crippen LogP contribution in [0.5, 0.6) is 0 Å². The van der Waals surface area contributed by atoms with Crippen LogP contribution < -0.4 is 11.3 Å². The van der Waals surface area contributed by atoms with Crippen LogP contribution in [-0.2, 0) is 22.4 Å². The number of benzene rings is 1. The van der Waals surface area contributed by atoms with Crippen LogP contribution in [0.3, 0.4) is 0 Å². The molecule has 6 nitrogen and oxygen atoms in total. The van der Waals surface area contributed by atoms with Gasteiger partial charge in [0.25, 0.3) is 0 Å². The lowest BCUT2D eigenvalue weighted by Crippen LogP contribution is -2.47. The number of methoxy groups -OCH3 is 2. The smallest absolute Gasteiger partial charge is 0.173 e. The highest BCUT2D eigenvalue weighted by molar-refractivity contribution is 5.75. The van der Waals surface area contributed by atoms with E-state index in [2.05, 4.69) is 23.0 Å². The zero-order valence-electron chi connectivity index (χ0n) is 12.9. The monoisotopic (exact) mass is 292 g/mol. The van der Waals surface area contributed by atoms with Crippen molar-refractivity contribution in [2.24, 2.45) is 5.84 Å². The first kappa shape index (κ1) is 15.9. The molecular formula is C15H24N4O2. The van der Waals surface area contributed by atoms with Crippen LogP contribution >= 0.6 is 0 Å². The molecule has 0 aliphatic carbocycles. The van der Waals surface area contributed by atoms with E-state index in [-0.39, 0.29) is 6.04 Å². The summed E-state index contributed by atoms with van der Waals surface area (Å²) >= 11 is 0. The van der Waals surface area contributed by atoms with Gasteiger partial charge < -0.3 is 14.0 Å². The topological polar surface area (TPSA) is 74.3 Å². The molecule has 1 heterocycles. The van der Waals surface area contributed by atoms with Crippen molar-refractivity contribution in [1.82, 2.24) is 15.0 Å². The number of hydrogen-bond donors (Lipinski definition) is 2. The van der Waals surface area contributed by atoms with Gasteiger partial charge in [-0.1, -0.05) is 19.1 Å². The lowest BCUT2D eigenvalue weighted by atomic mass is 10.2. The van der Waals surface area contributed by atoms with Gasteiger partial charge in [-0.05, 0) is 18.6 Å². The first-order valence-electron chi connectivity index (χ1n) is 7.21. The number of fused-ring (bicyclic) bond motifs is 1. The van der Waals surface area contributed by atoms with E-state index in [1.54, 1.807) is 14.2 Å². The van der Waals surface area contributed by atoms with E-state index in [0.29, 0.717) is 6.42 Å². The third-order valence-electron chi connectivity index (χ3n) is 3.59. The summed E-state index contributed by atoms with van der Waals surface area (Å²) < 4.78 is 12.8. The van der Waals surface area contributed by atoms with Crippen LogP contribution in [0.2, 0.25) is 0 Å². The average molecular weight is 292 g/mol. The van der Waals surface area contributed by atoms with E-state index < -0.39 is 6.29 Å². The van der Waals surface area contributed by atoms with Gasteiger partial charge in [0.2, 0.25) is 0 Å². The van der Waals surface area contributed by atoms with Crippen molar-refractivity contribution in [3.63, 3.8) is 0 Å². The minimum atomic E-state index is -0.412. The van der Waals surface area contributed by atoms with Gasteiger partial charge in [-0.15, -0.1) is 0 Å². The number of hydrazine groups is 1. The number of aromatic nitrogens is 2. The van der Waals surface area contributed by atoms with Crippen LogP contribution in [0.1, 0.15) is 19.2 Å². The lowest BCUT2D eigenvalue weighted by Gasteiger charge is -2.24. The Morgan fingerprint density at radius 3 is 2.62 bits per heavy atom. The zero-order chi connectivity index (χ0) is 15.2. The van der Waals surface area contributed by atoms with E-state index in [0.717, 1.165) is 29.8 Å². The van der Waals surface area contributed by atoms with Gasteiger partial charge in [-0.2, -0.15) is 0 Å². The van der Waals surface area contributed by atoms with Gasteiger partial charge in [0.1, 0.15) is 5.82 Å². The van der Waals surface area contributed by atoms with Crippen molar-refractivity contribution < 1.29 is 9.47 Å². The summed E-state index contributed by atoms with van der Waals surface area (Å²) in [6, 6.07) is 8.00. The van der Waals surface area contributed by atoms with Crippen LogP contribution in [0.4, 0.5) is 0 Å². The van der Waals surface area contributed by atoms with Crippen molar-refractivity contribution >= 4 is 11.0 Å². The minimum Gasteiger partial charge on any atom is -0.354 e. The summed E-state index contributed by atoms with van der Waals surface area (Å²) in [5.41, 5.74) is 4.92. The van der Waals surface area contributed by atoms with Gasteiger partial charge in [0, 0.05) is 27.2 Å². The summed E-state index contributed by atoms with van der Waals surface area (Å²) in [5.74, 6) is 6.63. The molecule has 0 amide bonds. The number of imidazole rings is 1. The summed E-state index contributed by atoms with van der Waals surface area (Å²) in [7, 11) is 3.21. The van der Waals surface area contributed by atoms with Gasteiger partial charge in [0.15, 0.2) is 6.29 Å². The predicted molar refractivity (Wildman–Crippen MR) is 82.6 cm³/mol. The number of nitrogens with one attached hydrogen (secondary N) is 1. The molecule has 0 radical (unpaired) electrons. The number of para-hydroxylation sites is 2. The van der Waals surface area contributed by atoms with Crippen molar-refractivity contribution in [3.8, 4) is 0 Å². The maximum atomic E-state index is 5.64. The molecular weight excluding hydrogens is 268 g/mol. The normalized spacial score (nSPS) is 13.2. The number of rotatable bonds is 8. The van der Waals surface area contributed by atoms with Crippen LogP contribution in [0.15, 0.2) is 24.3 Å². The zero-order valence-corrected chi connectivity index (χ0v) is 12.9. The second-order valence-corrected chi connectivity index (χ2v) is 4.99. The molecule has 2 aromatic rings. The second-order valence-electron chi connectivity index (χ2n) is 4.99. The molecule has 1 atom stereocenters. The highest BCUT2D eigenvalue weighted by Crippen LogP contribution is 2.18. The molecule has 116 valence electrons. The standard InChI is InChI=1S/C15H24N4O2/c1-4-9-19-13-8-6-5-7-11(13)17-14(19)10-12(18-16)15(20-2)21-3/h5-8,12,15,18H,4,9-10,16H2,1-3H3. The van der Waals surface area contributed by atoms with Gasteiger partial charge in [0.05, 0.1) is 17.1 Å². The summed E-state index contributed by atoms with van der Waals surface area (Å²) in [6.45, 7) is 3.09. The first-order chi connectivity index (χ1) is 10.2. The molecule has 1 unspecified atom stereocenters. The highest BCUT2D eigenvalue weighted by Gasteiger charge is 2.23. The Hall–Kier alpha value is -1.47. The fraction of sp³-hybridized carbons (Fsp3) is 0.533. The summed E-state index contributed by atoms with van der Waals surface area (Å²) in [5, 5.41) is 0. The largest absolute Gasteiger partial charge is 0.354 e. The van der Waals surface area contributed by atoms with E-state index >= 15 is 0 Å². The fourth-order valence-corrected chi connectivity index (χ4v) is 2.61. The van der Waals surface area contributed by atoms with E-state index in [1.165, 1.54) is 0 Å². The molecule has 1 aromatic carbocycles. The average Bonchev–Trinajstić information content (AvgIpc) is 2.85. The van der Waals surface area contributed by atoms with E-state index in [4.69, 9.17) is 20.3 Å². The predicted octanol–water partition coefficient (Wildman–Crippen LogP) is 1.44. The molecule has 0 aliphatic rings.